The fourth-order valence-corrected chi connectivity index (χ4v) is 5.48. The molecule has 1 aromatic heterocycles. The average molecular weight is 318 g/mol. The van der Waals surface area contributed by atoms with Crippen molar-refractivity contribution < 1.29 is 14.6 Å². The molecule has 2 N–H and O–H groups in total. The van der Waals surface area contributed by atoms with E-state index in [1.807, 2.05) is 12.3 Å². The Morgan fingerprint density at radius 2 is 2.13 bits per heavy atom. The highest BCUT2D eigenvalue weighted by Gasteiger charge is 2.57. The van der Waals surface area contributed by atoms with Crippen molar-refractivity contribution in [2.75, 3.05) is 6.61 Å². The van der Waals surface area contributed by atoms with Crippen molar-refractivity contribution in [3.8, 4) is 0 Å². The Morgan fingerprint density at radius 1 is 1.35 bits per heavy atom. The molecule has 2 aliphatic rings. The van der Waals surface area contributed by atoms with Crippen molar-refractivity contribution in [2.24, 2.45) is 22.7 Å². The molecule has 0 spiro atoms. The zero-order valence-corrected chi connectivity index (χ0v) is 14.4. The van der Waals surface area contributed by atoms with E-state index < -0.39 is 6.10 Å². The number of fused-ring (bicyclic) bond motifs is 1. The lowest BCUT2D eigenvalue weighted by Gasteiger charge is -2.60. The third-order valence-electron chi connectivity index (χ3n) is 7.00. The Morgan fingerprint density at radius 3 is 2.78 bits per heavy atom. The van der Waals surface area contributed by atoms with Crippen LogP contribution in [0.25, 0.3) is 0 Å². The molecule has 2 fully saturated rings. The molecular weight excluding hydrogens is 288 g/mol. The van der Waals surface area contributed by atoms with Crippen LogP contribution in [0.15, 0.2) is 35.2 Å². The number of hydrogen-bond donors (Lipinski definition) is 2. The fraction of sp³-hybridized carbons (Fsp3) is 0.700. The summed E-state index contributed by atoms with van der Waals surface area (Å²) in [5.74, 6) is 0.804. The van der Waals surface area contributed by atoms with Gasteiger partial charge in [0.05, 0.1) is 25.2 Å². The number of rotatable bonds is 4. The van der Waals surface area contributed by atoms with Gasteiger partial charge in [0.1, 0.15) is 0 Å². The molecular formula is C20H30O3. The van der Waals surface area contributed by atoms with Gasteiger partial charge in [-0.1, -0.05) is 26.0 Å². The van der Waals surface area contributed by atoms with Crippen molar-refractivity contribution in [1.82, 2.24) is 0 Å². The smallest absolute Gasteiger partial charge is 0.0934 e. The molecule has 1 heterocycles. The van der Waals surface area contributed by atoms with Crippen molar-refractivity contribution in [3.63, 3.8) is 0 Å². The maximum atomic E-state index is 10.5. The molecule has 23 heavy (non-hydrogen) atoms. The lowest BCUT2D eigenvalue weighted by Crippen LogP contribution is -2.57. The summed E-state index contributed by atoms with van der Waals surface area (Å²) in [6.07, 6.45) is 9.08. The Hall–Kier alpha value is -1.06. The van der Waals surface area contributed by atoms with Gasteiger partial charge in [0.25, 0.3) is 0 Å². The molecule has 5 unspecified atom stereocenters. The summed E-state index contributed by atoms with van der Waals surface area (Å²) in [5.41, 5.74) is 2.32. The number of hydrogen-bond acceptors (Lipinski definition) is 3. The van der Waals surface area contributed by atoms with Gasteiger partial charge in [-0.2, -0.15) is 0 Å². The van der Waals surface area contributed by atoms with Crippen LogP contribution in [-0.2, 0) is 6.42 Å². The van der Waals surface area contributed by atoms with E-state index in [4.69, 9.17) is 4.42 Å². The molecule has 0 saturated heterocycles. The van der Waals surface area contributed by atoms with Gasteiger partial charge < -0.3 is 14.6 Å². The van der Waals surface area contributed by atoms with Gasteiger partial charge in [-0.05, 0) is 67.4 Å². The second-order valence-corrected chi connectivity index (χ2v) is 8.20. The minimum Gasteiger partial charge on any atom is -0.472 e. The molecule has 2 saturated carbocycles. The van der Waals surface area contributed by atoms with E-state index in [9.17, 15) is 10.2 Å². The first-order valence-electron chi connectivity index (χ1n) is 8.89. The van der Waals surface area contributed by atoms with E-state index >= 15 is 0 Å². The van der Waals surface area contributed by atoms with Crippen LogP contribution < -0.4 is 0 Å². The monoisotopic (exact) mass is 318 g/mol. The average Bonchev–Trinajstić information content (AvgIpc) is 3.04. The normalized spacial score (nSPS) is 40.9. The van der Waals surface area contributed by atoms with Crippen molar-refractivity contribution in [2.45, 2.75) is 58.5 Å². The van der Waals surface area contributed by atoms with Gasteiger partial charge >= 0.3 is 0 Å². The molecule has 0 amide bonds. The predicted octanol–water partition coefficient (Wildman–Crippen LogP) is 3.95. The second kappa shape index (κ2) is 6.10. The first kappa shape index (κ1) is 16.8. The summed E-state index contributed by atoms with van der Waals surface area (Å²) >= 11 is 0. The number of aliphatic hydroxyl groups excluding tert-OH is 2. The number of allylic oxidation sites excluding steroid dienone is 1. The molecule has 0 aromatic carbocycles. The molecule has 2 aliphatic carbocycles. The molecule has 3 nitrogen and oxygen atoms in total. The summed E-state index contributed by atoms with van der Waals surface area (Å²) in [4.78, 5) is 0. The zero-order valence-electron chi connectivity index (χ0n) is 14.4. The lowest BCUT2D eigenvalue weighted by atomic mass is 9.46. The van der Waals surface area contributed by atoms with Crippen LogP contribution in [0.1, 0.15) is 51.5 Å². The van der Waals surface area contributed by atoms with E-state index in [1.54, 1.807) is 6.26 Å². The minimum absolute atomic E-state index is 0.0648. The Bertz CT molecular complexity index is 549. The topological polar surface area (TPSA) is 53.6 Å². The van der Waals surface area contributed by atoms with Gasteiger partial charge in [-0.15, -0.1) is 0 Å². The molecule has 3 rings (SSSR count). The second-order valence-electron chi connectivity index (χ2n) is 8.20. The minimum atomic E-state index is -0.397. The SMILES string of the molecule is C=C1CCC2C(C)(CO)C(O)CCC2(C)C1CCc1ccoc1. The van der Waals surface area contributed by atoms with Crippen LogP contribution in [0.4, 0.5) is 0 Å². The highest BCUT2D eigenvalue weighted by Crippen LogP contribution is 2.61. The van der Waals surface area contributed by atoms with Gasteiger partial charge in [-0.3, -0.25) is 0 Å². The highest BCUT2D eigenvalue weighted by atomic mass is 16.3. The summed E-state index contributed by atoms with van der Waals surface area (Å²) in [6.45, 7) is 8.87. The largest absolute Gasteiger partial charge is 0.472 e. The number of furan rings is 1. The molecule has 0 radical (unpaired) electrons. The molecule has 5 atom stereocenters. The third kappa shape index (κ3) is 2.68. The molecule has 128 valence electrons. The quantitative estimate of drug-likeness (QED) is 0.826. The first-order valence-corrected chi connectivity index (χ1v) is 8.89. The number of aliphatic hydroxyl groups is 2. The summed E-state index contributed by atoms with van der Waals surface area (Å²) in [6, 6.07) is 2.04. The maximum absolute atomic E-state index is 10.5. The zero-order chi connectivity index (χ0) is 16.7. The lowest BCUT2D eigenvalue weighted by molar-refractivity contribution is -0.152. The Labute approximate surface area is 139 Å². The number of aryl methyl sites for hydroxylation is 1. The molecule has 1 aromatic rings. The molecule has 0 bridgehead atoms. The van der Waals surface area contributed by atoms with Crippen LogP contribution >= 0.6 is 0 Å². The van der Waals surface area contributed by atoms with Crippen molar-refractivity contribution in [1.29, 1.82) is 0 Å². The molecule has 3 heteroatoms. The van der Waals surface area contributed by atoms with Gasteiger partial charge in [-0.25, -0.2) is 0 Å². The molecule has 0 aliphatic heterocycles. The van der Waals surface area contributed by atoms with E-state index in [0.29, 0.717) is 11.8 Å². The summed E-state index contributed by atoms with van der Waals surface area (Å²) in [5, 5.41) is 20.5. The fourth-order valence-electron chi connectivity index (χ4n) is 5.48. The van der Waals surface area contributed by atoms with Crippen LogP contribution in [0.5, 0.6) is 0 Å². The van der Waals surface area contributed by atoms with E-state index in [1.165, 1.54) is 11.1 Å². The van der Waals surface area contributed by atoms with Gasteiger partial charge in [0.15, 0.2) is 0 Å². The van der Waals surface area contributed by atoms with Crippen molar-refractivity contribution in [3.05, 3.63) is 36.3 Å². The first-order chi connectivity index (χ1) is 10.9. The van der Waals surface area contributed by atoms with Crippen LogP contribution in [0.3, 0.4) is 0 Å². The van der Waals surface area contributed by atoms with Gasteiger partial charge in [0, 0.05) is 5.41 Å². The van der Waals surface area contributed by atoms with Crippen LogP contribution in [0.2, 0.25) is 0 Å². The van der Waals surface area contributed by atoms with E-state index in [0.717, 1.165) is 38.5 Å². The Kier molecular flexibility index (Phi) is 4.45. The van der Waals surface area contributed by atoms with Crippen LogP contribution in [0, 0.1) is 22.7 Å². The summed E-state index contributed by atoms with van der Waals surface area (Å²) in [7, 11) is 0. The van der Waals surface area contributed by atoms with E-state index in [-0.39, 0.29) is 17.4 Å². The predicted molar refractivity (Wildman–Crippen MR) is 90.9 cm³/mol. The van der Waals surface area contributed by atoms with E-state index in [2.05, 4.69) is 20.4 Å². The maximum Gasteiger partial charge on any atom is 0.0934 e. The Balaban J connectivity index is 1.85. The van der Waals surface area contributed by atoms with Gasteiger partial charge in [0.2, 0.25) is 0 Å². The summed E-state index contributed by atoms with van der Waals surface area (Å²) < 4.78 is 5.19. The third-order valence-corrected chi connectivity index (χ3v) is 7.00. The highest BCUT2D eigenvalue weighted by molar-refractivity contribution is 5.18. The van der Waals surface area contributed by atoms with Crippen molar-refractivity contribution >= 4 is 0 Å². The standard InChI is InChI=1S/C20H30O3/c1-14-4-7-17-19(2,10-8-18(22)20(17,3)13-21)16(14)6-5-15-9-11-23-12-15/h9,11-12,16-18,21-22H,1,4-8,10,13H2,2-3H3. The van der Waals surface area contributed by atoms with Crippen LogP contribution in [-0.4, -0.2) is 22.9 Å².